The molecule has 3 aromatic rings. The first-order chi connectivity index (χ1) is 13.0. The largest absolute Gasteiger partial charge is 0.497 e. The van der Waals surface area contributed by atoms with Crippen molar-refractivity contribution in [3.05, 3.63) is 36.2 Å². The molecule has 0 bridgehead atoms. The number of ether oxygens (including phenoxy) is 2. The molecule has 27 heavy (non-hydrogen) atoms. The number of aromatic nitrogens is 3. The number of rotatable bonds is 4. The Labute approximate surface area is 158 Å². The molecule has 2 N–H and O–H groups in total. The van der Waals surface area contributed by atoms with Gasteiger partial charge in [0, 0.05) is 30.1 Å². The average molecular weight is 367 g/mol. The van der Waals surface area contributed by atoms with Crippen LogP contribution in [0.1, 0.15) is 19.7 Å². The van der Waals surface area contributed by atoms with Crippen LogP contribution in [0.4, 0.5) is 17.5 Å². The number of aromatic amines is 1. The van der Waals surface area contributed by atoms with E-state index in [4.69, 9.17) is 9.47 Å². The van der Waals surface area contributed by atoms with Crippen molar-refractivity contribution < 1.29 is 9.47 Å². The van der Waals surface area contributed by atoms with Gasteiger partial charge >= 0.3 is 0 Å². The van der Waals surface area contributed by atoms with Crippen LogP contribution in [0.2, 0.25) is 0 Å². The number of nitrogens with zero attached hydrogens (tertiary/aromatic N) is 3. The molecule has 2 aromatic heterocycles. The molecule has 1 aliphatic rings. The van der Waals surface area contributed by atoms with Crippen molar-refractivity contribution in [3.8, 4) is 5.75 Å². The van der Waals surface area contributed by atoms with E-state index in [1.54, 1.807) is 7.11 Å². The van der Waals surface area contributed by atoms with Crippen LogP contribution in [0.3, 0.4) is 0 Å². The quantitative estimate of drug-likeness (QED) is 0.733. The van der Waals surface area contributed by atoms with Crippen LogP contribution >= 0.6 is 0 Å². The van der Waals surface area contributed by atoms with Gasteiger partial charge in [0.2, 0.25) is 0 Å². The van der Waals surface area contributed by atoms with Crippen LogP contribution in [-0.4, -0.2) is 47.4 Å². The van der Waals surface area contributed by atoms with Crippen LogP contribution in [0.25, 0.3) is 10.9 Å². The van der Waals surface area contributed by atoms with E-state index in [1.807, 2.05) is 37.3 Å². The summed E-state index contributed by atoms with van der Waals surface area (Å²) in [6.45, 7) is 7.75. The van der Waals surface area contributed by atoms with E-state index in [1.165, 1.54) is 0 Å². The average Bonchev–Trinajstić information content (AvgIpc) is 3.01. The Morgan fingerprint density at radius 3 is 2.67 bits per heavy atom. The van der Waals surface area contributed by atoms with E-state index in [0.717, 1.165) is 53.0 Å². The van der Waals surface area contributed by atoms with E-state index >= 15 is 0 Å². The summed E-state index contributed by atoms with van der Waals surface area (Å²) in [4.78, 5) is 14.8. The van der Waals surface area contributed by atoms with Gasteiger partial charge in [-0.2, -0.15) is 0 Å². The zero-order valence-corrected chi connectivity index (χ0v) is 16.1. The number of nitrogens with one attached hydrogen (secondary N) is 2. The first kappa shape index (κ1) is 17.6. The molecule has 0 spiro atoms. The molecule has 2 atom stereocenters. The minimum absolute atomic E-state index is 0.184. The molecular formula is C20H25N5O2. The van der Waals surface area contributed by atoms with Gasteiger partial charge in [-0.3, -0.25) is 0 Å². The van der Waals surface area contributed by atoms with Crippen LogP contribution < -0.4 is 15.0 Å². The highest BCUT2D eigenvalue weighted by atomic mass is 16.5. The summed E-state index contributed by atoms with van der Waals surface area (Å²) >= 11 is 0. The number of methoxy groups -OCH3 is 1. The summed E-state index contributed by atoms with van der Waals surface area (Å²) in [6.07, 6.45) is 0.369. The van der Waals surface area contributed by atoms with Crippen LogP contribution in [0, 0.1) is 6.92 Å². The van der Waals surface area contributed by atoms with Gasteiger partial charge < -0.3 is 24.7 Å². The number of aryl methyl sites for hydroxylation is 1. The summed E-state index contributed by atoms with van der Waals surface area (Å²) in [5.41, 5.74) is 1.04. The maximum atomic E-state index is 5.83. The third kappa shape index (κ3) is 3.83. The molecule has 7 nitrogen and oxygen atoms in total. The summed E-state index contributed by atoms with van der Waals surface area (Å²) in [5, 5.41) is 4.45. The van der Waals surface area contributed by atoms with Crippen molar-refractivity contribution in [3.63, 3.8) is 0 Å². The molecule has 7 heteroatoms. The minimum atomic E-state index is 0.184. The Morgan fingerprint density at radius 2 is 1.93 bits per heavy atom. The van der Waals surface area contributed by atoms with Crippen molar-refractivity contribution >= 4 is 28.4 Å². The van der Waals surface area contributed by atoms with Gasteiger partial charge in [-0.05, 0) is 45.0 Å². The second-order valence-electron chi connectivity index (χ2n) is 7.08. The summed E-state index contributed by atoms with van der Waals surface area (Å²) in [6, 6.07) is 9.99. The number of benzene rings is 1. The zero-order valence-electron chi connectivity index (χ0n) is 16.1. The fraction of sp³-hybridized carbons (Fsp3) is 0.400. The van der Waals surface area contributed by atoms with Gasteiger partial charge in [-0.15, -0.1) is 0 Å². The third-order valence-electron chi connectivity index (χ3n) is 4.66. The monoisotopic (exact) mass is 367 g/mol. The van der Waals surface area contributed by atoms with Gasteiger partial charge in [0.25, 0.3) is 0 Å². The number of hydrogen-bond acceptors (Lipinski definition) is 6. The summed E-state index contributed by atoms with van der Waals surface area (Å²) < 4.78 is 11.1. The number of H-pyrrole nitrogens is 1. The third-order valence-corrected chi connectivity index (χ3v) is 4.66. The molecule has 0 aliphatic carbocycles. The lowest BCUT2D eigenvalue weighted by Crippen LogP contribution is -2.45. The smallest absolute Gasteiger partial charge is 0.137 e. The molecule has 1 saturated heterocycles. The normalized spacial score (nSPS) is 20.1. The Kier molecular flexibility index (Phi) is 4.61. The van der Waals surface area contributed by atoms with Crippen LogP contribution in [0.5, 0.6) is 5.75 Å². The van der Waals surface area contributed by atoms with E-state index in [0.29, 0.717) is 0 Å². The van der Waals surface area contributed by atoms with Crippen LogP contribution in [-0.2, 0) is 4.74 Å². The molecule has 0 saturated carbocycles. The molecule has 142 valence electrons. The minimum Gasteiger partial charge on any atom is -0.497 e. The van der Waals surface area contributed by atoms with Crippen molar-refractivity contribution in [2.24, 2.45) is 0 Å². The molecule has 0 radical (unpaired) electrons. The maximum absolute atomic E-state index is 5.83. The zero-order chi connectivity index (χ0) is 19.0. The van der Waals surface area contributed by atoms with E-state index < -0.39 is 0 Å². The molecule has 4 rings (SSSR count). The summed E-state index contributed by atoms with van der Waals surface area (Å²) in [7, 11) is 1.67. The fourth-order valence-corrected chi connectivity index (χ4v) is 3.59. The lowest BCUT2D eigenvalue weighted by Gasteiger charge is -2.36. The van der Waals surface area contributed by atoms with Gasteiger partial charge in [0.05, 0.1) is 19.3 Å². The number of morpholine rings is 1. The van der Waals surface area contributed by atoms with Gasteiger partial charge in [0.15, 0.2) is 0 Å². The number of hydrogen-bond donors (Lipinski definition) is 2. The lowest BCUT2D eigenvalue weighted by molar-refractivity contribution is -0.00547. The second-order valence-corrected chi connectivity index (χ2v) is 7.08. The molecule has 1 fully saturated rings. The highest BCUT2D eigenvalue weighted by Crippen LogP contribution is 2.27. The Balaban J connectivity index is 1.60. The van der Waals surface area contributed by atoms with Crippen LogP contribution in [0.15, 0.2) is 30.3 Å². The van der Waals surface area contributed by atoms with Crippen molar-refractivity contribution in [2.45, 2.75) is 33.0 Å². The predicted octanol–water partition coefficient (Wildman–Crippen LogP) is 3.63. The van der Waals surface area contributed by atoms with Crippen molar-refractivity contribution in [1.82, 2.24) is 15.0 Å². The van der Waals surface area contributed by atoms with Gasteiger partial charge in [-0.1, -0.05) is 0 Å². The molecule has 3 heterocycles. The second kappa shape index (κ2) is 7.08. The first-order valence-electron chi connectivity index (χ1n) is 9.20. The maximum Gasteiger partial charge on any atom is 0.137 e. The highest BCUT2D eigenvalue weighted by molar-refractivity contribution is 5.86. The Morgan fingerprint density at radius 1 is 1.15 bits per heavy atom. The Bertz CT molecular complexity index is 945. The molecule has 1 aromatic carbocycles. The van der Waals surface area contributed by atoms with Gasteiger partial charge in [0.1, 0.15) is 29.0 Å². The Hall–Kier alpha value is -2.80. The number of anilines is 3. The van der Waals surface area contributed by atoms with Crippen molar-refractivity contribution in [2.75, 3.05) is 30.4 Å². The SMILES string of the molecule is COc1ccc2[nH]c(Nc3cc(N4C[C@@H](C)O[C@H](C)C4)nc(C)n3)cc2c1. The van der Waals surface area contributed by atoms with E-state index in [9.17, 15) is 0 Å². The highest BCUT2D eigenvalue weighted by Gasteiger charge is 2.23. The lowest BCUT2D eigenvalue weighted by atomic mass is 10.2. The molecule has 1 aliphatic heterocycles. The topological polar surface area (TPSA) is 75.3 Å². The molecule has 0 amide bonds. The van der Waals surface area contributed by atoms with E-state index in [-0.39, 0.29) is 12.2 Å². The first-order valence-corrected chi connectivity index (χ1v) is 9.20. The number of fused-ring (bicyclic) bond motifs is 1. The predicted molar refractivity (Wildman–Crippen MR) is 107 cm³/mol. The van der Waals surface area contributed by atoms with Gasteiger partial charge in [-0.25, -0.2) is 9.97 Å². The fourth-order valence-electron chi connectivity index (χ4n) is 3.59. The van der Waals surface area contributed by atoms with Crippen molar-refractivity contribution in [1.29, 1.82) is 0 Å². The van der Waals surface area contributed by atoms with E-state index in [2.05, 4.69) is 39.0 Å². The molecule has 0 unspecified atom stereocenters. The molecular weight excluding hydrogens is 342 g/mol. The standard InChI is InChI=1S/C20H25N5O2/c1-12-10-25(11-13(2)27-12)20-9-19(21-14(3)22-20)24-18-8-15-7-16(26-4)5-6-17(15)23-18/h5-9,12-13,23H,10-11H2,1-4H3,(H,21,22,24)/t12-,13-/m1/s1. The summed E-state index contributed by atoms with van der Waals surface area (Å²) in [5.74, 6) is 4.14.